The van der Waals surface area contributed by atoms with Crippen molar-refractivity contribution in [1.82, 2.24) is 14.9 Å². The Hall–Kier alpha value is -1.55. The Morgan fingerprint density at radius 3 is 2.71 bits per heavy atom. The van der Waals surface area contributed by atoms with Crippen LogP contribution in [0, 0.1) is 0 Å². The van der Waals surface area contributed by atoms with Crippen molar-refractivity contribution < 1.29 is 22.7 Å². The monoisotopic (exact) mass is 433 g/mol. The van der Waals surface area contributed by atoms with Crippen LogP contribution >= 0.6 is 12.4 Å². The molecule has 10 heteroatoms. The first kappa shape index (κ1) is 22.7. The number of ether oxygens (including phenoxy) is 2. The molecule has 2 unspecified atom stereocenters. The van der Waals surface area contributed by atoms with Crippen molar-refractivity contribution >= 4 is 28.3 Å². The molecule has 0 radical (unpaired) electrons. The van der Waals surface area contributed by atoms with Crippen LogP contribution in [0.25, 0.3) is 0 Å². The van der Waals surface area contributed by atoms with E-state index in [1.54, 1.807) is 6.07 Å². The van der Waals surface area contributed by atoms with Gasteiger partial charge in [0.2, 0.25) is 15.9 Å². The number of hydrogen-bond acceptors (Lipinski definition) is 6. The van der Waals surface area contributed by atoms with Crippen LogP contribution in [0.1, 0.15) is 26.7 Å². The molecule has 158 valence electrons. The molecule has 1 saturated heterocycles. The van der Waals surface area contributed by atoms with Gasteiger partial charge >= 0.3 is 0 Å². The van der Waals surface area contributed by atoms with E-state index in [0.717, 1.165) is 13.0 Å². The molecule has 8 nitrogen and oxygen atoms in total. The average Bonchev–Trinajstić information content (AvgIpc) is 2.88. The molecule has 0 aromatic heterocycles. The largest absolute Gasteiger partial charge is 0.490 e. The number of rotatable bonds is 5. The van der Waals surface area contributed by atoms with Gasteiger partial charge in [0, 0.05) is 50.6 Å². The van der Waals surface area contributed by atoms with Gasteiger partial charge in [-0.25, -0.2) is 13.1 Å². The van der Waals surface area contributed by atoms with E-state index in [1.807, 2.05) is 18.7 Å². The highest BCUT2D eigenvalue weighted by Gasteiger charge is 2.28. The Balaban J connectivity index is 0.00000280. The standard InChI is InChI=1S/C18H27N3O5S.ClH/c1-13-14(2)21(9-8-19-13)18(22)6-7-20-27(23,24)15-4-5-16-17(12-15)26-11-3-10-25-16;/h4-5,12-14,19-20H,3,6-11H2,1-2H3;1H. The molecule has 1 fully saturated rings. The van der Waals surface area contributed by atoms with Gasteiger partial charge in [-0.3, -0.25) is 4.79 Å². The highest BCUT2D eigenvalue weighted by atomic mass is 35.5. The summed E-state index contributed by atoms with van der Waals surface area (Å²) in [5.74, 6) is 0.927. The number of halogens is 1. The first-order valence-corrected chi connectivity index (χ1v) is 10.8. The Bertz CT molecular complexity index is 789. The van der Waals surface area contributed by atoms with E-state index in [4.69, 9.17) is 9.47 Å². The van der Waals surface area contributed by atoms with E-state index in [1.165, 1.54) is 12.1 Å². The van der Waals surface area contributed by atoms with Crippen LogP contribution in [0.15, 0.2) is 23.1 Å². The molecule has 0 aliphatic carbocycles. The number of carbonyl (C=O) groups is 1. The minimum Gasteiger partial charge on any atom is -0.490 e. The van der Waals surface area contributed by atoms with E-state index in [-0.39, 0.29) is 48.3 Å². The van der Waals surface area contributed by atoms with Crippen LogP contribution in [0.5, 0.6) is 11.5 Å². The van der Waals surface area contributed by atoms with Crippen molar-refractivity contribution in [2.45, 2.75) is 43.7 Å². The first-order chi connectivity index (χ1) is 12.9. The summed E-state index contributed by atoms with van der Waals surface area (Å²) >= 11 is 0. The second-order valence-electron chi connectivity index (χ2n) is 6.88. The zero-order valence-corrected chi connectivity index (χ0v) is 17.8. The maximum Gasteiger partial charge on any atom is 0.240 e. The summed E-state index contributed by atoms with van der Waals surface area (Å²) in [6.07, 6.45) is 0.876. The van der Waals surface area contributed by atoms with Gasteiger partial charge in [-0.05, 0) is 26.0 Å². The van der Waals surface area contributed by atoms with E-state index < -0.39 is 10.0 Å². The van der Waals surface area contributed by atoms with Crippen molar-refractivity contribution in [2.75, 3.05) is 32.8 Å². The third-order valence-corrected chi connectivity index (χ3v) is 6.47. The Labute approximate surface area is 172 Å². The molecular weight excluding hydrogens is 406 g/mol. The number of nitrogens with one attached hydrogen (secondary N) is 2. The van der Waals surface area contributed by atoms with Gasteiger partial charge in [-0.2, -0.15) is 0 Å². The third kappa shape index (κ3) is 5.28. The molecule has 0 bridgehead atoms. The SMILES string of the molecule is CC1NCCN(C(=O)CCNS(=O)(=O)c2ccc3c(c2)OCCCO3)C1C.Cl. The molecule has 3 rings (SSSR count). The van der Waals surface area contributed by atoms with Crippen LogP contribution in [0.3, 0.4) is 0 Å². The normalized spacial score (nSPS) is 22.1. The van der Waals surface area contributed by atoms with Crippen molar-refractivity contribution in [3.05, 3.63) is 18.2 Å². The number of carbonyl (C=O) groups excluding carboxylic acids is 1. The summed E-state index contributed by atoms with van der Waals surface area (Å²) in [5.41, 5.74) is 0. The van der Waals surface area contributed by atoms with E-state index in [9.17, 15) is 13.2 Å². The Morgan fingerprint density at radius 1 is 1.25 bits per heavy atom. The quantitative estimate of drug-likeness (QED) is 0.723. The molecule has 2 atom stereocenters. The van der Waals surface area contributed by atoms with Gasteiger partial charge in [-0.15, -0.1) is 12.4 Å². The predicted octanol–water partition coefficient (Wildman–Crippen LogP) is 1.15. The van der Waals surface area contributed by atoms with Crippen molar-refractivity contribution in [2.24, 2.45) is 0 Å². The second kappa shape index (κ2) is 9.78. The fourth-order valence-corrected chi connectivity index (χ4v) is 4.29. The number of piperazine rings is 1. The Morgan fingerprint density at radius 2 is 1.96 bits per heavy atom. The molecule has 1 aromatic rings. The predicted molar refractivity (Wildman–Crippen MR) is 108 cm³/mol. The molecule has 2 N–H and O–H groups in total. The average molecular weight is 434 g/mol. The number of fused-ring (bicyclic) bond motifs is 1. The molecule has 0 spiro atoms. The van der Waals surface area contributed by atoms with Crippen molar-refractivity contribution in [3.8, 4) is 11.5 Å². The fourth-order valence-electron chi connectivity index (χ4n) is 3.24. The molecule has 28 heavy (non-hydrogen) atoms. The number of sulfonamides is 1. The number of nitrogens with zero attached hydrogens (tertiary/aromatic N) is 1. The van der Waals surface area contributed by atoms with E-state index >= 15 is 0 Å². The van der Waals surface area contributed by atoms with Gasteiger partial charge < -0.3 is 19.7 Å². The van der Waals surface area contributed by atoms with Gasteiger partial charge in [0.1, 0.15) is 0 Å². The lowest BCUT2D eigenvalue weighted by Gasteiger charge is -2.38. The summed E-state index contributed by atoms with van der Waals surface area (Å²) in [5, 5.41) is 3.32. The zero-order chi connectivity index (χ0) is 19.4. The number of benzene rings is 1. The lowest BCUT2D eigenvalue weighted by molar-refractivity contribution is -0.134. The lowest BCUT2D eigenvalue weighted by atomic mass is 10.1. The number of hydrogen-bond donors (Lipinski definition) is 2. The highest BCUT2D eigenvalue weighted by molar-refractivity contribution is 7.89. The number of amides is 1. The molecule has 0 saturated carbocycles. The van der Waals surface area contributed by atoms with Crippen LogP contribution in [-0.2, 0) is 14.8 Å². The van der Waals surface area contributed by atoms with Crippen LogP contribution < -0.4 is 19.5 Å². The first-order valence-electron chi connectivity index (χ1n) is 9.30. The van der Waals surface area contributed by atoms with Crippen molar-refractivity contribution in [3.63, 3.8) is 0 Å². The minimum absolute atomic E-state index is 0. The van der Waals surface area contributed by atoms with E-state index in [0.29, 0.717) is 31.3 Å². The van der Waals surface area contributed by atoms with Crippen molar-refractivity contribution in [1.29, 1.82) is 0 Å². The van der Waals surface area contributed by atoms with E-state index in [2.05, 4.69) is 10.0 Å². The topological polar surface area (TPSA) is 97.0 Å². The van der Waals surface area contributed by atoms with Crippen LogP contribution in [0.2, 0.25) is 0 Å². The third-order valence-electron chi connectivity index (χ3n) is 5.01. The highest BCUT2D eigenvalue weighted by Crippen LogP contribution is 2.31. The van der Waals surface area contributed by atoms with Gasteiger partial charge in [0.25, 0.3) is 0 Å². The summed E-state index contributed by atoms with van der Waals surface area (Å²) in [4.78, 5) is 14.3. The lowest BCUT2D eigenvalue weighted by Crippen LogP contribution is -2.57. The maximum absolute atomic E-state index is 12.5. The minimum atomic E-state index is -3.72. The summed E-state index contributed by atoms with van der Waals surface area (Å²) in [6, 6.07) is 4.86. The smallest absolute Gasteiger partial charge is 0.240 e. The second-order valence-corrected chi connectivity index (χ2v) is 8.64. The maximum atomic E-state index is 12.5. The molecule has 2 aliphatic heterocycles. The summed E-state index contributed by atoms with van der Waals surface area (Å²) in [6.45, 7) is 6.51. The molecule has 1 aromatic carbocycles. The Kier molecular flexibility index (Phi) is 7.94. The summed E-state index contributed by atoms with van der Waals surface area (Å²) < 4.78 is 38.6. The molecule has 2 heterocycles. The van der Waals surface area contributed by atoms with Gasteiger partial charge in [0.15, 0.2) is 11.5 Å². The molecule has 2 aliphatic rings. The summed E-state index contributed by atoms with van der Waals surface area (Å²) in [7, 11) is -3.72. The van der Waals surface area contributed by atoms with Crippen LogP contribution in [-0.4, -0.2) is 64.2 Å². The van der Waals surface area contributed by atoms with Gasteiger partial charge in [-0.1, -0.05) is 0 Å². The van der Waals surface area contributed by atoms with Gasteiger partial charge in [0.05, 0.1) is 18.1 Å². The fraction of sp³-hybridized carbons (Fsp3) is 0.611. The van der Waals surface area contributed by atoms with Crippen LogP contribution in [0.4, 0.5) is 0 Å². The molecule has 1 amide bonds. The molecular formula is C18H28ClN3O5S. The zero-order valence-electron chi connectivity index (χ0n) is 16.1.